The molecule has 0 amide bonds. The molecule has 1 rings (SSSR count). The highest BCUT2D eigenvalue weighted by Gasteiger charge is 2.30. The average molecular weight is 181 g/mol. The molecule has 4 heteroatoms. The number of rotatable bonds is 2. The van der Waals surface area contributed by atoms with Crippen LogP contribution >= 0.6 is 23.4 Å². The molecule has 1 heterocycles. The van der Waals surface area contributed by atoms with Crippen LogP contribution in [0.3, 0.4) is 0 Å². The second-order valence-corrected chi connectivity index (χ2v) is 4.58. The fourth-order valence-electron chi connectivity index (χ4n) is 0.792. The lowest BCUT2D eigenvalue weighted by Crippen LogP contribution is -2.30. The molecule has 0 radical (unpaired) electrons. The van der Waals surface area contributed by atoms with Gasteiger partial charge in [-0.3, -0.25) is 0 Å². The lowest BCUT2D eigenvalue weighted by atomic mass is 10.3. The van der Waals surface area contributed by atoms with Gasteiger partial charge >= 0.3 is 0 Å². The summed E-state index contributed by atoms with van der Waals surface area (Å²) in [5.74, 6) is 0.886. The van der Waals surface area contributed by atoms with Crippen LogP contribution in [0.1, 0.15) is 6.42 Å². The minimum absolute atomic E-state index is 0.374. The quantitative estimate of drug-likeness (QED) is 0.473. The minimum atomic E-state index is -0.472. The Kier molecular flexibility index (Phi) is 3.01. The van der Waals surface area contributed by atoms with Crippen molar-refractivity contribution >= 4 is 29.6 Å². The number of hydrogen-bond donors (Lipinski definition) is 0. The summed E-state index contributed by atoms with van der Waals surface area (Å²) in [7, 11) is 0. The summed E-state index contributed by atoms with van der Waals surface area (Å²) in [4.78, 5) is 10.1. The van der Waals surface area contributed by atoms with Gasteiger partial charge in [-0.1, -0.05) is 0 Å². The van der Waals surface area contributed by atoms with Gasteiger partial charge in [0, 0.05) is 12.2 Å². The summed E-state index contributed by atoms with van der Waals surface area (Å²) in [6, 6.07) is 0. The van der Waals surface area contributed by atoms with Crippen LogP contribution in [0.5, 0.6) is 0 Å². The number of halogens is 1. The third-order valence-electron chi connectivity index (χ3n) is 1.29. The van der Waals surface area contributed by atoms with Crippen LogP contribution in [0, 0.1) is 0 Å². The average Bonchev–Trinajstić information content (AvgIpc) is 1.89. The van der Waals surface area contributed by atoms with E-state index in [0.29, 0.717) is 13.0 Å². The van der Waals surface area contributed by atoms with Gasteiger partial charge in [0.2, 0.25) is 0 Å². The lowest BCUT2D eigenvalue weighted by molar-refractivity contribution is -0.108. The minimum Gasteiger partial charge on any atom is -0.378 e. The van der Waals surface area contributed by atoms with E-state index in [0.717, 1.165) is 18.6 Å². The standard InChI is InChI=1S/C6H9ClO2S/c7-6(1-2-8)5-9-3-4-10-6/h2H,1,3-5H2. The summed E-state index contributed by atoms with van der Waals surface area (Å²) in [5, 5.41) is 0. The highest BCUT2D eigenvalue weighted by molar-refractivity contribution is 8.02. The van der Waals surface area contributed by atoms with Gasteiger partial charge in [-0.25, -0.2) is 0 Å². The highest BCUT2D eigenvalue weighted by atomic mass is 35.5. The van der Waals surface area contributed by atoms with Crippen LogP contribution in [0.25, 0.3) is 0 Å². The van der Waals surface area contributed by atoms with Crippen LogP contribution in [0.2, 0.25) is 0 Å². The Balaban J connectivity index is 2.39. The van der Waals surface area contributed by atoms with Crippen molar-refractivity contribution in [1.29, 1.82) is 0 Å². The van der Waals surface area contributed by atoms with E-state index in [1.54, 1.807) is 11.8 Å². The topological polar surface area (TPSA) is 26.3 Å². The predicted octanol–water partition coefficient (Wildman–Crippen LogP) is 1.27. The molecule has 0 aromatic carbocycles. The van der Waals surface area contributed by atoms with Crippen molar-refractivity contribution in [1.82, 2.24) is 0 Å². The number of thioether (sulfide) groups is 1. The second kappa shape index (κ2) is 3.60. The first-order chi connectivity index (χ1) is 4.77. The van der Waals surface area contributed by atoms with Crippen LogP contribution in [-0.4, -0.2) is 29.5 Å². The van der Waals surface area contributed by atoms with Crippen molar-refractivity contribution in [3.8, 4) is 0 Å². The predicted molar refractivity (Wildman–Crippen MR) is 42.5 cm³/mol. The molecule has 0 aliphatic carbocycles. The molecule has 0 aromatic heterocycles. The smallest absolute Gasteiger partial charge is 0.122 e. The molecule has 0 spiro atoms. The lowest BCUT2D eigenvalue weighted by Gasteiger charge is -2.28. The first-order valence-electron chi connectivity index (χ1n) is 3.11. The van der Waals surface area contributed by atoms with Crippen molar-refractivity contribution in [2.75, 3.05) is 19.0 Å². The Bertz CT molecular complexity index is 123. The number of ether oxygens (including phenoxy) is 1. The maximum Gasteiger partial charge on any atom is 0.122 e. The zero-order chi connectivity index (χ0) is 7.45. The molecule has 0 saturated carbocycles. The molecule has 0 N–H and O–H groups in total. The van der Waals surface area contributed by atoms with E-state index in [4.69, 9.17) is 16.3 Å². The monoisotopic (exact) mass is 180 g/mol. The summed E-state index contributed by atoms with van der Waals surface area (Å²) >= 11 is 7.58. The summed E-state index contributed by atoms with van der Waals surface area (Å²) < 4.78 is 4.65. The first-order valence-corrected chi connectivity index (χ1v) is 4.47. The number of alkyl halides is 1. The molecule has 0 bridgehead atoms. The van der Waals surface area contributed by atoms with Gasteiger partial charge in [-0.2, -0.15) is 0 Å². The number of carbonyl (C=O) groups is 1. The van der Waals surface area contributed by atoms with Crippen molar-refractivity contribution in [3.05, 3.63) is 0 Å². The van der Waals surface area contributed by atoms with E-state index in [9.17, 15) is 4.79 Å². The van der Waals surface area contributed by atoms with Crippen molar-refractivity contribution < 1.29 is 9.53 Å². The molecule has 58 valence electrons. The van der Waals surface area contributed by atoms with Crippen LogP contribution < -0.4 is 0 Å². The maximum absolute atomic E-state index is 10.1. The highest BCUT2D eigenvalue weighted by Crippen LogP contribution is 2.35. The largest absolute Gasteiger partial charge is 0.378 e. The van der Waals surface area contributed by atoms with Gasteiger partial charge in [-0.05, 0) is 0 Å². The molecule has 10 heavy (non-hydrogen) atoms. The normalized spacial score (nSPS) is 33.7. The third kappa shape index (κ3) is 2.15. The Morgan fingerprint density at radius 1 is 1.80 bits per heavy atom. The van der Waals surface area contributed by atoms with E-state index in [2.05, 4.69) is 0 Å². The Hall–Kier alpha value is 0.270. The molecule has 1 atom stereocenters. The van der Waals surface area contributed by atoms with Crippen LogP contribution in [0.4, 0.5) is 0 Å². The Morgan fingerprint density at radius 2 is 2.60 bits per heavy atom. The van der Waals surface area contributed by atoms with Crippen molar-refractivity contribution in [2.24, 2.45) is 0 Å². The van der Waals surface area contributed by atoms with E-state index in [-0.39, 0.29) is 0 Å². The number of hydrogen-bond acceptors (Lipinski definition) is 3. The summed E-state index contributed by atoms with van der Waals surface area (Å²) in [6.45, 7) is 1.23. The Labute approximate surface area is 69.3 Å². The van der Waals surface area contributed by atoms with E-state index >= 15 is 0 Å². The van der Waals surface area contributed by atoms with E-state index in [1.807, 2.05) is 0 Å². The molecule has 1 fully saturated rings. The van der Waals surface area contributed by atoms with Gasteiger partial charge in [-0.15, -0.1) is 23.4 Å². The zero-order valence-electron chi connectivity index (χ0n) is 5.51. The molecular formula is C6H9ClO2S. The first kappa shape index (κ1) is 8.37. The third-order valence-corrected chi connectivity index (χ3v) is 3.06. The molecule has 0 aromatic rings. The fourth-order valence-corrected chi connectivity index (χ4v) is 2.08. The number of carbonyl (C=O) groups excluding carboxylic acids is 1. The zero-order valence-corrected chi connectivity index (χ0v) is 7.08. The van der Waals surface area contributed by atoms with E-state index in [1.165, 1.54) is 0 Å². The molecule has 1 aliphatic rings. The summed E-state index contributed by atoms with van der Waals surface area (Å²) in [6.07, 6.45) is 1.22. The van der Waals surface area contributed by atoms with Gasteiger partial charge in [0.05, 0.1) is 13.2 Å². The van der Waals surface area contributed by atoms with E-state index < -0.39 is 4.21 Å². The number of aldehydes is 1. The Morgan fingerprint density at radius 3 is 3.10 bits per heavy atom. The van der Waals surface area contributed by atoms with Crippen LogP contribution in [-0.2, 0) is 9.53 Å². The van der Waals surface area contributed by atoms with Gasteiger partial charge in [0.15, 0.2) is 0 Å². The SMILES string of the molecule is O=CCC1(Cl)COCCS1. The molecular weight excluding hydrogens is 172 g/mol. The fraction of sp³-hybridized carbons (Fsp3) is 0.833. The van der Waals surface area contributed by atoms with Crippen molar-refractivity contribution in [3.63, 3.8) is 0 Å². The second-order valence-electron chi connectivity index (χ2n) is 2.15. The molecule has 1 unspecified atom stereocenters. The van der Waals surface area contributed by atoms with Gasteiger partial charge in [0.1, 0.15) is 10.5 Å². The molecule has 1 aliphatic heterocycles. The van der Waals surface area contributed by atoms with Gasteiger partial charge in [0.25, 0.3) is 0 Å². The van der Waals surface area contributed by atoms with Gasteiger partial charge < -0.3 is 9.53 Å². The molecule has 2 nitrogen and oxygen atoms in total. The maximum atomic E-state index is 10.1. The van der Waals surface area contributed by atoms with Crippen molar-refractivity contribution in [2.45, 2.75) is 10.6 Å². The molecule has 1 saturated heterocycles. The summed E-state index contributed by atoms with van der Waals surface area (Å²) in [5.41, 5.74) is 0. The van der Waals surface area contributed by atoms with Crippen LogP contribution in [0.15, 0.2) is 0 Å².